The quantitative estimate of drug-likeness (QED) is 0.701. The normalized spacial score (nSPS) is 15.8. The van der Waals surface area contributed by atoms with E-state index in [1.165, 1.54) is 6.26 Å². The Hall–Kier alpha value is -2.55. The van der Waals surface area contributed by atoms with Gasteiger partial charge < -0.3 is 19.5 Å². The van der Waals surface area contributed by atoms with Gasteiger partial charge in [0.1, 0.15) is 6.26 Å². The molecule has 2 aromatic rings. The summed E-state index contributed by atoms with van der Waals surface area (Å²) in [4.78, 5) is 21.2. The van der Waals surface area contributed by atoms with Gasteiger partial charge in [-0.05, 0) is 50.5 Å². The molecule has 0 aliphatic carbocycles. The van der Waals surface area contributed by atoms with Crippen molar-refractivity contribution in [3.8, 4) is 0 Å². The first-order valence-electron chi connectivity index (χ1n) is 10.5. The Bertz CT molecular complexity index is 843. The lowest BCUT2D eigenvalue weighted by atomic mass is 10.1. The molecule has 0 spiro atoms. The number of urea groups is 1. The number of alkyl halides is 3. The number of nitrogens with one attached hydrogen (secondary N) is 1. The topological polar surface area (TPSA) is 61.6 Å². The van der Waals surface area contributed by atoms with Crippen LogP contribution in [-0.4, -0.2) is 53.2 Å². The van der Waals surface area contributed by atoms with Crippen molar-refractivity contribution in [2.75, 3.05) is 20.1 Å². The van der Waals surface area contributed by atoms with E-state index in [1.54, 1.807) is 36.1 Å². The highest BCUT2D eigenvalue weighted by Gasteiger charge is 2.26. The van der Waals surface area contributed by atoms with Crippen LogP contribution in [-0.2, 0) is 19.5 Å². The van der Waals surface area contributed by atoms with E-state index in [0.717, 1.165) is 31.5 Å². The van der Waals surface area contributed by atoms with Gasteiger partial charge in [-0.1, -0.05) is 24.3 Å². The zero-order chi connectivity index (χ0) is 22.4. The van der Waals surface area contributed by atoms with Gasteiger partial charge in [0.25, 0.3) is 0 Å². The molecular weight excluding hydrogens is 409 g/mol. The van der Waals surface area contributed by atoms with Gasteiger partial charge in [0.05, 0.1) is 12.2 Å². The molecule has 1 N–H and O–H groups in total. The van der Waals surface area contributed by atoms with Crippen LogP contribution >= 0.6 is 0 Å². The highest BCUT2D eigenvalue weighted by molar-refractivity contribution is 5.74. The number of carbonyl (C=O) groups excluding carboxylic acids is 1. The summed E-state index contributed by atoms with van der Waals surface area (Å²) in [7, 11) is 2.07. The Labute approximate surface area is 180 Å². The van der Waals surface area contributed by atoms with E-state index in [2.05, 4.69) is 22.2 Å². The molecule has 0 bridgehead atoms. The Balaban J connectivity index is 1.65. The second-order valence-electron chi connectivity index (χ2n) is 8.17. The molecular formula is C22H29F3N4O2. The van der Waals surface area contributed by atoms with Gasteiger partial charge in [0.15, 0.2) is 5.89 Å². The first-order chi connectivity index (χ1) is 14.7. The molecule has 1 aliphatic rings. The summed E-state index contributed by atoms with van der Waals surface area (Å²) in [5, 5.41) is 3.11. The first-order valence-corrected chi connectivity index (χ1v) is 10.5. The molecule has 1 aromatic carbocycles. The van der Waals surface area contributed by atoms with Crippen molar-refractivity contribution in [1.29, 1.82) is 0 Å². The van der Waals surface area contributed by atoms with Crippen molar-refractivity contribution in [2.45, 2.75) is 57.9 Å². The van der Waals surface area contributed by atoms with Crippen molar-refractivity contribution in [3.63, 3.8) is 0 Å². The van der Waals surface area contributed by atoms with Crippen molar-refractivity contribution < 1.29 is 22.4 Å². The van der Waals surface area contributed by atoms with Crippen LogP contribution < -0.4 is 5.32 Å². The monoisotopic (exact) mass is 438 g/mol. The third-order valence-electron chi connectivity index (χ3n) is 5.45. The predicted molar refractivity (Wildman–Crippen MR) is 110 cm³/mol. The highest BCUT2D eigenvalue weighted by atomic mass is 19.4. The summed E-state index contributed by atoms with van der Waals surface area (Å²) in [6, 6.07) is 6.86. The fourth-order valence-electron chi connectivity index (χ4n) is 3.61. The number of carbonyl (C=O) groups is 1. The van der Waals surface area contributed by atoms with Crippen LogP contribution in [0.3, 0.4) is 0 Å². The highest BCUT2D eigenvalue weighted by Crippen LogP contribution is 2.22. The average Bonchev–Trinajstić information content (AvgIpc) is 3.13. The van der Waals surface area contributed by atoms with E-state index < -0.39 is 12.6 Å². The number of rotatable bonds is 7. The molecule has 31 heavy (non-hydrogen) atoms. The van der Waals surface area contributed by atoms with Gasteiger partial charge in [-0.25, -0.2) is 9.78 Å². The number of piperidine rings is 1. The largest absolute Gasteiger partial charge is 0.449 e. The van der Waals surface area contributed by atoms with Crippen molar-refractivity contribution in [2.24, 2.45) is 0 Å². The van der Waals surface area contributed by atoms with E-state index in [-0.39, 0.29) is 25.0 Å². The van der Waals surface area contributed by atoms with Crippen LogP contribution in [0.5, 0.6) is 0 Å². The lowest BCUT2D eigenvalue weighted by Gasteiger charge is -2.31. The number of aryl methyl sites for hydroxylation is 2. The zero-order valence-corrected chi connectivity index (χ0v) is 17.9. The smallest absolute Gasteiger partial charge is 0.389 e. The molecule has 3 rings (SSSR count). The van der Waals surface area contributed by atoms with Crippen molar-refractivity contribution in [1.82, 2.24) is 20.1 Å². The van der Waals surface area contributed by atoms with E-state index in [1.807, 2.05) is 0 Å². The van der Waals surface area contributed by atoms with Crippen LogP contribution in [0.4, 0.5) is 18.0 Å². The van der Waals surface area contributed by atoms with Gasteiger partial charge in [-0.3, -0.25) is 0 Å². The number of aromatic nitrogens is 1. The van der Waals surface area contributed by atoms with Crippen LogP contribution in [0, 0.1) is 6.92 Å². The number of amides is 2. The summed E-state index contributed by atoms with van der Waals surface area (Å²) < 4.78 is 42.6. The predicted octanol–water partition coefficient (Wildman–Crippen LogP) is 4.28. The molecule has 0 radical (unpaired) electrons. The minimum atomic E-state index is -4.17. The Morgan fingerprint density at radius 3 is 2.42 bits per heavy atom. The minimum absolute atomic E-state index is 0.0533. The lowest BCUT2D eigenvalue weighted by molar-refractivity contribution is -0.134. The first kappa shape index (κ1) is 23.1. The summed E-state index contributed by atoms with van der Waals surface area (Å²) in [5.74, 6) is 0.527. The molecule has 2 amide bonds. The molecule has 170 valence electrons. The van der Waals surface area contributed by atoms with Crippen molar-refractivity contribution >= 4 is 6.03 Å². The molecule has 0 unspecified atom stereocenters. The van der Waals surface area contributed by atoms with Crippen LogP contribution in [0.1, 0.15) is 42.0 Å². The summed E-state index contributed by atoms with van der Waals surface area (Å²) in [6.45, 7) is 4.22. The lowest BCUT2D eigenvalue weighted by Crippen LogP contribution is -2.48. The van der Waals surface area contributed by atoms with Gasteiger partial charge >= 0.3 is 12.2 Å². The Morgan fingerprint density at radius 1 is 1.19 bits per heavy atom. The fraction of sp³-hybridized carbons (Fsp3) is 0.545. The number of oxazole rings is 1. The molecule has 1 saturated heterocycles. The molecule has 2 heterocycles. The number of hydrogen-bond donors (Lipinski definition) is 1. The maximum atomic E-state index is 13.0. The molecule has 1 fully saturated rings. The number of likely N-dealkylation sites (tertiary alicyclic amines) is 1. The maximum absolute atomic E-state index is 13.0. The zero-order valence-electron chi connectivity index (χ0n) is 17.9. The third-order valence-corrected chi connectivity index (χ3v) is 5.45. The summed E-state index contributed by atoms with van der Waals surface area (Å²) in [5.41, 5.74) is 2.11. The number of nitrogens with zero attached hydrogens (tertiary/aromatic N) is 3. The van der Waals surface area contributed by atoms with Crippen LogP contribution in [0.15, 0.2) is 34.9 Å². The number of hydrogen-bond acceptors (Lipinski definition) is 4. The SMILES string of the molecule is Cc1nc(CN(Cc2ccc(CCC(F)(F)F)cc2)C(=O)NC2CCN(C)CC2)co1. The van der Waals surface area contributed by atoms with Gasteiger partial charge in [-0.2, -0.15) is 13.2 Å². The standard InChI is InChI=1S/C22H29F3N4O2/c1-16-26-20(15-31-16)14-29(21(30)27-19-8-11-28(2)12-9-19)13-18-5-3-17(4-6-18)7-10-22(23,24)25/h3-6,15,19H,7-14H2,1-2H3,(H,27,30). The van der Waals surface area contributed by atoms with E-state index >= 15 is 0 Å². The van der Waals surface area contributed by atoms with E-state index in [4.69, 9.17) is 4.42 Å². The Kier molecular flexibility index (Phi) is 7.59. The molecule has 1 aromatic heterocycles. The molecule has 0 atom stereocenters. The molecule has 1 aliphatic heterocycles. The molecule has 6 nitrogen and oxygen atoms in total. The van der Waals surface area contributed by atoms with Crippen LogP contribution in [0.25, 0.3) is 0 Å². The fourth-order valence-corrected chi connectivity index (χ4v) is 3.61. The van der Waals surface area contributed by atoms with Crippen molar-refractivity contribution in [3.05, 3.63) is 53.2 Å². The van der Waals surface area contributed by atoms with Gasteiger partial charge in [0.2, 0.25) is 0 Å². The van der Waals surface area contributed by atoms with Gasteiger partial charge in [0, 0.05) is 25.9 Å². The summed E-state index contributed by atoms with van der Waals surface area (Å²) >= 11 is 0. The van der Waals surface area contributed by atoms with E-state index in [0.29, 0.717) is 23.7 Å². The maximum Gasteiger partial charge on any atom is 0.389 e. The third kappa shape index (κ3) is 7.57. The van der Waals surface area contributed by atoms with E-state index in [9.17, 15) is 18.0 Å². The Morgan fingerprint density at radius 2 is 1.84 bits per heavy atom. The molecule has 9 heteroatoms. The van der Waals surface area contributed by atoms with Gasteiger partial charge in [-0.15, -0.1) is 0 Å². The number of benzene rings is 1. The molecule has 0 saturated carbocycles. The van der Waals surface area contributed by atoms with Crippen LogP contribution in [0.2, 0.25) is 0 Å². The second kappa shape index (κ2) is 10.2. The average molecular weight is 438 g/mol. The minimum Gasteiger partial charge on any atom is -0.449 e. The number of halogens is 3. The second-order valence-corrected chi connectivity index (χ2v) is 8.17. The summed E-state index contributed by atoms with van der Waals surface area (Å²) in [6.07, 6.45) is -1.74.